The van der Waals surface area contributed by atoms with Crippen LogP contribution in [0.15, 0.2) is 0 Å². The molecule has 1 aliphatic heterocycles. The van der Waals surface area contributed by atoms with Crippen LogP contribution in [-0.2, 0) is 0 Å². The van der Waals surface area contributed by atoms with Crippen LogP contribution in [-0.4, -0.2) is 23.3 Å². The highest BCUT2D eigenvalue weighted by molar-refractivity contribution is 7.96. The van der Waals surface area contributed by atoms with E-state index in [0.717, 1.165) is 0 Å². The molecule has 0 saturated carbocycles. The van der Waals surface area contributed by atoms with Crippen molar-refractivity contribution in [3.05, 3.63) is 0 Å². The Labute approximate surface area is 54.6 Å². The highest BCUT2D eigenvalue weighted by Gasteiger charge is 2.18. The first-order valence-electron chi connectivity index (χ1n) is 2.91. The zero-order chi connectivity index (χ0) is 5.98. The molecule has 1 saturated heterocycles. The third kappa shape index (κ3) is 1.16. The Kier molecular flexibility index (Phi) is 2.16. The number of hydrogen-bond acceptors (Lipinski definition) is 3. The van der Waals surface area contributed by atoms with Crippen molar-refractivity contribution >= 4 is 11.9 Å². The van der Waals surface area contributed by atoms with Gasteiger partial charge in [0.05, 0.1) is 6.17 Å². The lowest BCUT2D eigenvalue weighted by Gasteiger charge is -2.15. The summed E-state index contributed by atoms with van der Waals surface area (Å²) in [4.78, 5) is 0. The third-order valence-corrected chi connectivity index (χ3v) is 2.41. The summed E-state index contributed by atoms with van der Waals surface area (Å²) in [6, 6.07) is 0. The Hall–Kier alpha value is 0.270. The Morgan fingerprint density at radius 1 is 1.75 bits per heavy atom. The van der Waals surface area contributed by atoms with Crippen molar-refractivity contribution in [2.45, 2.75) is 19.0 Å². The molecule has 1 unspecified atom stereocenters. The van der Waals surface area contributed by atoms with E-state index in [-0.39, 0.29) is 0 Å². The van der Waals surface area contributed by atoms with Crippen molar-refractivity contribution in [3.63, 3.8) is 0 Å². The van der Waals surface area contributed by atoms with E-state index in [1.807, 2.05) is 0 Å². The SMILES string of the molecule is CSN1CCCC1N. The van der Waals surface area contributed by atoms with Gasteiger partial charge in [0.15, 0.2) is 0 Å². The van der Waals surface area contributed by atoms with Gasteiger partial charge in [0.1, 0.15) is 0 Å². The fourth-order valence-electron chi connectivity index (χ4n) is 0.993. The molecule has 0 bridgehead atoms. The molecule has 2 nitrogen and oxygen atoms in total. The first kappa shape index (κ1) is 6.39. The smallest absolute Gasteiger partial charge is 0.0671 e. The van der Waals surface area contributed by atoms with Crippen molar-refractivity contribution in [1.29, 1.82) is 0 Å². The number of nitrogens with two attached hydrogens (primary N) is 1. The van der Waals surface area contributed by atoms with Gasteiger partial charge in [-0.15, -0.1) is 0 Å². The van der Waals surface area contributed by atoms with Gasteiger partial charge in [-0.25, -0.2) is 4.31 Å². The number of nitrogens with zero attached hydrogens (tertiary/aromatic N) is 1. The highest BCUT2D eigenvalue weighted by atomic mass is 32.2. The molecule has 48 valence electrons. The van der Waals surface area contributed by atoms with Gasteiger partial charge in [-0.2, -0.15) is 0 Å². The Balaban J connectivity index is 2.30. The molecule has 1 rings (SSSR count). The van der Waals surface area contributed by atoms with Crippen LogP contribution in [0.2, 0.25) is 0 Å². The number of hydrogen-bond donors (Lipinski definition) is 1. The van der Waals surface area contributed by atoms with Crippen molar-refractivity contribution < 1.29 is 0 Å². The van der Waals surface area contributed by atoms with Gasteiger partial charge in [-0.1, -0.05) is 11.9 Å². The van der Waals surface area contributed by atoms with Gasteiger partial charge in [-0.3, -0.25) is 0 Å². The molecule has 8 heavy (non-hydrogen) atoms. The van der Waals surface area contributed by atoms with E-state index in [9.17, 15) is 0 Å². The summed E-state index contributed by atoms with van der Waals surface area (Å²) in [5.74, 6) is 0. The zero-order valence-corrected chi connectivity index (χ0v) is 5.95. The molecule has 0 amide bonds. The van der Waals surface area contributed by atoms with Crippen LogP contribution < -0.4 is 5.73 Å². The second kappa shape index (κ2) is 2.71. The fourth-order valence-corrected chi connectivity index (χ4v) is 1.68. The standard InChI is InChI=1S/C5H12N2S/c1-8-7-4-2-3-5(7)6/h5H,2-4,6H2,1H3. The van der Waals surface area contributed by atoms with Gasteiger partial charge in [0.2, 0.25) is 0 Å². The zero-order valence-electron chi connectivity index (χ0n) is 5.13. The molecule has 0 radical (unpaired) electrons. The molecular weight excluding hydrogens is 120 g/mol. The summed E-state index contributed by atoms with van der Waals surface area (Å²) >= 11 is 1.75. The highest BCUT2D eigenvalue weighted by Crippen LogP contribution is 2.18. The van der Waals surface area contributed by atoms with Gasteiger partial charge in [0.25, 0.3) is 0 Å². The van der Waals surface area contributed by atoms with Crippen LogP contribution in [0.1, 0.15) is 12.8 Å². The van der Waals surface area contributed by atoms with Crippen LogP contribution in [0.5, 0.6) is 0 Å². The minimum atomic E-state index is 0.324. The first-order chi connectivity index (χ1) is 3.84. The van der Waals surface area contributed by atoms with Crippen LogP contribution in [0.25, 0.3) is 0 Å². The lowest BCUT2D eigenvalue weighted by Crippen LogP contribution is -2.30. The lowest BCUT2D eigenvalue weighted by molar-refractivity contribution is 0.450. The summed E-state index contributed by atoms with van der Waals surface area (Å²) in [6.45, 7) is 1.17. The average molecular weight is 132 g/mol. The molecule has 2 N–H and O–H groups in total. The second-order valence-corrected chi connectivity index (χ2v) is 2.87. The molecular formula is C5H12N2S. The fraction of sp³-hybridized carbons (Fsp3) is 1.00. The van der Waals surface area contributed by atoms with Crippen LogP contribution in [0.3, 0.4) is 0 Å². The van der Waals surface area contributed by atoms with Crippen molar-refractivity contribution in [2.24, 2.45) is 5.73 Å². The van der Waals surface area contributed by atoms with E-state index in [0.29, 0.717) is 6.17 Å². The molecule has 0 aromatic carbocycles. The predicted molar refractivity (Wildman–Crippen MR) is 37.4 cm³/mol. The molecule has 1 atom stereocenters. The van der Waals surface area contributed by atoms with Gasteiger partial charge >= 0.3 is 0 Å². The maximum atomic E-state index is 5.69. The lowest BCUT2D eigenvalue weighted by atomic mass is 10.3. The van der Waals surface area contributed by atoms with E-state index in [1.165, 1.54) is 19.4 Å². The average Bonchev–Trinajstić information content (AvgIpc) is 2.14. The topological polar surface area (TPSA) is 29.3 Å². The summed E-state index contributed by atoms with van der Waals surface area (Å²) < 4.78 is 2.22. The molecule has 1 fully saturated rings. The van der Waals surface area contributed by atoms with Crippen molar-refractivity contribution in [3.8, 4) is 0 Å². The van der Waals surface area contributed by atoms with Crippen molar-refractivity contribution in [1.82, 2.24) is 4.31 Å². The number of rotatable bonds is 1. The van der Waals surface area contributed by atoms with E-state index in [4.69, 9.17) is 5.73 Å². The summed E-state index contributed by atoms with van der Waals surface area (Å²) in [5, 5.41) is 0. The predicted octanol–water partition coefficient (Wildman–Crippen LogP) is 0.645. The molecule has 0 aromatic rings. The summed E-state index contributed by atoms with van der Waals surface area (Å²) in [7, 11) is 0. The van der Waals surface area contributed by atoms with Crippen molar-refractivity contribution in [2.75, 3.05) is 12.8 Å². The van der Waals surface area contributed by atoms with Gasteiger partial charge < -0.3 is 5.73 Å². The van der Waals surface area contributed by atoms with Crippen LogP contribution in [0.4, 0.5) is 0 Å². The van der Waals surface area contributed by atoms with Crippen LogP contribution >= 0.6 is 11.9 Å². The monoisotopic (exact) mass is 132 g/mol. The first-order valence-corrected chi connectivity index (χ1v) is 4.09. The summed E-state index contributed by atoms with van der Waals surface area (Å²) in [5.41, 5.74) is 5.69. The molecule has 0 aliphatic carbocycles. The quantitative estimate of drug-likeness (QED) is 0.531. The van der Waals surface area contributed by atoms with E-state index in [2.05, 4.69) is 10.6 Å². The Morgan fingerprint density at radius 2 is 2.50 bits per heavy atom. The van der Waals surface area contributed by atoms with E-state index < -0.39 is 0 Å². The Morgan fingerprint density at radius 3 is 2.75 bits per heavy atom. The summed E-state index contributed by atoms with van der Waals surface area (Å²) in [6.07, 6.45) is 4.83. The normalized spacial score (nSPS) is 31.5. The Bertz CT molecular complexity index is 76.8. The molecule has 1 aliphatic rings. The minimum Gasteiger partial charge on any atom is -0.315 e. The molecule has 1 heterocycles. The van der Waals surface area contributed by atoms with Gasteiger partial charge in [-0.05, 0) is 19.1 Å². The van der Waals surface area contributed by atoms with E-state index in [1.54, 1.807) is 11.9 Å². The second-order valence-electron chi connectivity index (χ2n) is 2.03. The molecule has 0 spiro atoms. The van der Waals surface area contributed by atoms with Gasteiger partial charge in [0, 0.05) is 6.54 Å². The minimum absolute atomic E-state index is 0.324. The maximum absolute atomic E-state index is 5.69. The largest absolute Gasteiger partial charge is 0.315 e. The molecule has 3 heteroatoms. The maximum Gasteiger partial charge on any atom is 0.0671 e. The molecule has 0 aromatic heterocycles. The van der Waals surface area contributed by atoms with E-state index >= 15 is 0 Å². The third-order valence-electron chi connectivity index (χ3n) is 1.48. The van der Waals surface area contributed by atoms with Crippen LogP contribution in [0, 0.1) is 0 Å².